The number of piperidine rings is 1. The van der Waals surface area contributed by atoms with Gasteiger partial charge in [0.15, 0.2) is 0 Å². The third-order valence-electron chi connectivity index (χ3n) is 5.12. The van der Waals surface area contributed by atoms with Crippen LogP contribution in [-0.4, -0.2) is 43.1 Å². The third-order valence-corrected chi connectivity index (χ3v) is 6.33. The number of hydrogen-bond acceptors (Lipinski definition) is 6. The topological polar surface area (TPSA) is 112 Å². The molecule has 1 aliphatic rings. The van der Waals surface area contributed by atoms with E-state index in [4.69, 9.17) is 10.00 Å². The van der Waals surface area contributed by atoms with E-state index in [0.717, 1.165) is 11.8 Å². The second-order valence-corrected chi connectivity index (χ2v) is 10.7. The molecule has 8 nitrogen and oxygen atoms in total. The minimum absolute atomic E-state index is 0.0350. The molecule has 0 unspecified atom stereocenters. The number of rotatable bonds is 5. The average molecular weight is 475 g/mol. The van der Waals surface area contributed by atoms with Crippen molar-refractivity contribution in [3.63, 3.8) is 0 Å². The molecular weight excluding hydrogens is 447 g/mol. The van der Waals surface area contributed by atoms with Crippen LogP contribution in [0.5, 0.6) is 0 Å². The van der Waals surface area contributed by atoms with Crippen LogP contribution in [0.1, 0.15) is 56.4 Å². The van der Waals surface area contributed by atoms with Gasteiger partial charge < -0.3 is 9.64 Å². The van der Waals surface area contributed by atoms with Gasteiger partial charge in [-0.15, -0.1) is 0 Å². The maximum Gasteiger partial charge on any atom is 0.410 e. The molecule has 176 valence electrons. The third kappa shape index (κ3) is 6.89. The summed E-state index contributed by atoms with van der Waals surface area (Å²) in [6.45, 7) is 6.52. The number of nitrogens with one attached hydrogen (secondary N) is 1. The van der Waals surface area contributed by atoms with Gasteiger partial charge in [0, 0.05) is 30.3 Å². The summed E-state index contributed by atoms with van der Waals surface area (Å²) in [5, 5.41) is 8.82. The molecule has 0 radical (unpaired) electrons. The summed E-state index contributed by atoms with van der Waals surface area (Å²) in [6.07, 6.45) is 1.02. The number of carbonyl (C=O) groups is 1. The van der Waals surface area contributed by atoms with Gasteiger partial charge in [-0.2, -0.15) is 5.26 Å². The van der Waals surface area contributed by atoms with Crippen molar-refractivity contribution in [2.24, 2.45) is 0 Å². The molecule has 1 aromatic carbocycles. The van der Waals surface area contributed by atoms with Crippen LogP contribution in [0.25, 0.3) is 0 Å². The maximum absolute atomic E-state index is 14.1. The van der Waals surface area contributed by atoms with Crippen LogP contribution in [0.2, 0.25) is 0 Å². The zero-order chi connectivity index (χ0) is 24.2. The summed E-state index contributed by atoms with van der Waals surface area (Å²) in [4.78, 5) is 18.4. The smallest absolute Gasteiger partial charge is 0.410 e. The minimum atomic E-state index is -3.92. The van der Waals surface area contributed by atoms with Crippen LogP contribution in [0.15, 0.2) is 36.4 Å². The van der Waals surface area contributed by atoms with Crippen molar-refractivity contribution in [1.29, 1.82) is 5.26 Å². The van der Waals surface area contributed by atoms with E-state index < -0.39 is 27.2 Å². The molecule has 0 aliphatic carbocycles. The fourth-order valence-electron chi connectivity index (χ4n) is 3.55. The highest BCUT2D eigenvalue weighted by Crippen LogP contribution is 2.28. The van der Waals surface area contributed by atoms with Crippen LogP contribution in [-0.2, 0) is 20.5 Å². The van der Waals surface area contributed by atoms with Gasteiger partial charge in [-0.05, 0) is 57.9 Å². The van der Waals surface area contributed by atoms with E-state index in [1.807, 2.05) is 32.9 Å². The number of halogens is 1. The number of pyridine rings is 1. The lowest BCUT2D eigenvalue weighted by Gasteiger charge is -2.33. The number of carbonyl (C=O) groups excluding carboxylic acids is 1. The number of sulfonamides is 1. The standard InChI is InChI=1S/C23H27FN4O4S/c1-23(2,3)32-22(29)28-11-9-17(10-12-28)20-5-4-6-21(26-20)27-33(30,31)15-18-8-7-16(14-25)13-19(18)24/h4-8,13,17H,9-12,15H2,1-3H3,(H,26,27). The van der Waals surface area contributed by atoms with E-state index in [2.05, 4.69) is 9.71 Å². The van der Waals surface area contributed by atoms with Crippen LogP contribution >= 0.6 is 0 Å². The van der Waals surface area contributed by atoms with Crippen molar-refractivity contribution in [3.8, 4) is 6.07 Å². The lowest BCUT2D eigenvalue weighted by atomic mass is 9.93. The normalized spacial score (nSPS) is 15.1. The summed E-state index contributed by atoms with van der Waals surface area (Å²) in [5.41, 5.74) is 0.256. The first kappa shape index (κ1) is 24.5. The van der Waals surface area contributed by atoms with Crippen molar-refractivity contribution < 1.29 is 22.3 Å². The first-order valence-electron chi connectivity index (χ1n) is 10.6. The quantitative estimate of drug-likeness (QED) is 0.697. The van der Waals surface area contributed by atoms with Crippen molar-refractivity contribution >= 4 is 21.9 Å². The molecule has 1 N–H and O–H groups in total. The molecular formula is C23H27FN4O4S. The monoisotopic (exact) mass is 474 g/mol. The van der Waals surface area contributed by atoms with Crippen molar-refractivity contribution in [1.82, 2.24) is 9.88 Å². The van der Waals surface area contributed by atoms with Gasteiger partial charge in [-0.25, -0.2) is 22.6 Å². The summed E-state index contributed by atoms with van der Waals surface area (Å²) < 4.78 is 47.0. The fraction of sp³-hybridized carbons (Fsp3) is 0.435. The highest BCUT2D eigenvalue weighted by Gasteiger charge is 2.28. The number of benzene rings is 1. The number of amides is 1. The van der Waals surface area contributed by atoms with Crippen LogP contribution in [0, 0.1) is 17.1 Å². The number of nitriles is 1. The maximum atomic E-state index is 14.1. The summed E-state index contributed by atoms with van der Waals surface area (Å²) in [7, 11) is -3.92. The van der Waals surface area contributed by atoms with E-state index >= 15 is 0 Å². The Morgan fingerprint density at radius 3 is 2.58 bits per heavy atom. The van der Waals surface area contributed by atoms with Crippen molar-refractivity contribution in [2.45, 2.75) is 50.9 Å². The Morgan fingerprint density at radius 2 is 1.97 bits per heavy atom. The SMILES string of the molecule is CC(C)(C)OC(=O)N1CCC(c2cccc(NS(=O)(=O)Cc3ccc(C#N)cc3F)n2)CC1. The molecule has 33 heavy (non-hydrogen) atoms. The molecule has 1 saturated heterocycles. The minimum Gasteiger partial charge on any atom is -0.444 e. The first-order valence-corrected chi connectivity index (χ1v) is 12.2. The zero-order valence-corrected chi connectivity index (χ0v) is 19.7. The van der Waals surface area contributed by atoms with Crippen molar-refractivity contribution in [3.05, 3.63) is 59.0 Å². The molecule has 0 atom stereocenters. The van der Waals surface area contributed by atoms with Gasteiger partial charge in [0.25, 0.3) is 0 Å². The predicted molar refractivity (Wildman–Crippen MR) is 121 cm³/mol. The molecule has 1 aliphatic heterocycles. The van der Waals surface area contributed by atoms with Crippen LogP contribution in [0.3, 0.4) is 0 Å². The molecule has 0 saturated carbocycles. The Balaban J connectivity index is 1.63. The zero-order valence-electron chi connectivity index (χ0n) is 18.8. The van der Waals surface area contributed by atoms with Gasteiger partial charge in [-0.3, -0.25) is 4.72 Å². The number of nitrogens with zero attached hydrogens (tertiary/aromatic N) is 3. The Hall–Kier alpha value is -3.19. The van der Waals surface area contributed by atoms with Gasteiger partial charge in [-0.1, -0.05) is 12.1 Å². The molecule has 1 amide bonds. The van der Waals surface area contributed by atoms with Crippen LogP contribution in [0.4, 0.5) is 15.0 Å². The fourth-order valence-corrected chi connectivity index (χ4v) is 4.70. The molecule has 1 fully saturated rings. The number of anilines is 1. The largest absolute Gasteiger partial charge is 0.444 e. The van der Waals surface area contributed by atoms with E-state index in [9.17, 15) is 17.6 Å². The number of likely N-dealkylation sites (tertiary alicyclic amines) is 1. The second-order valence-electron chi connectivity index (χ2n) is 8.97. The molecule has 3 rings (SSSR count). The molecule has 10 heteroatoms. The summed E-state index contributed by atoms with van der Waals surface area (Å²) in [6, 6.07) is 10.5. The number of ether oxygens (including phenoxy) is 1. The highest BCUT2D eigenvalue weighted by atomic mass is 32.2. The van der Waals surface area contributed by atoms with Crippen molar-refractivity contribution in [2.75, 3.05) is 17.8 Å². The molecule has 1 aromatic heterocycles. The Bertz CT molecular complexity index is 1160. The lowest BCUT2D eigenvalue weighted by molar-refractivity contribution is 0.0204. The Kier molecular flexibility index (Phi) is 7.22. The van der Waals surface area contributed by atoms with Gasteiger partial charge in [0.05, 0.1) is 17.4 Å². The van der Waals surface area contributed by atoms with E-state index in [1.54, 1.807) is 11.0 Å². The van der Waals surface area contributed by atoms with Gasteiger partial charge in [0.1, 0.15) is 17.2 Å². The van der Waals surface area contributed by atoms with E-state index in [0.29, 0.717) is 25.9 Å². The number of aromatic nitrogens is 1. The highest BCUT2D eigenvalue weighted by molar-refractivity contribution is 7.91. The first-order chi connectivity index (χ1) is 15.5. The Morgan fingerprint density at radius 1 is 1.27 bits per heavy atom. The number of hydrogen-bond donors (Lipinski definition) is 1. The van der Waals surface area contributed by atoms with E-state index in [1.165, 1.54) is 18.2 Å². The van der Waals surface area contributed by atoms with Crippen LogP contribution < -0.4 is 4.72 Å². The van der Waals surface area contributed by atoms with Gasteiger partial charge in [0.2, 0.25) is 10.0 Å². The second kappa shape index (κ2) is 9.75. The summed E-state index contributed by atoms with van der Waals surface area (Å²) >= 11 is 0. The lowest BCUT2D eigenvalue weighted by Crippen LogP contribution is -2.41. The summed E-state index contributed by atoms with van der Waals surface area (Å²) in [5.74, 6) is -1.11. The molecule has 2 aromatic rings. The molecule has 2 heterocycles. The molecule has 0 spiro atoms. The predicted octanol–water partition coefficient (Wildman–Crippen LogP) is 4.15. The average Bonchev–Trinajstić information content (AvgIpc) is 2.74. The Labute approximate surface area is 193 Å². The van der Waals surface area contributed by atoms with Gasteiger partial charge >= 0.3 is 6.09 Å². The van der Waals surface area contributed by atoms with E-state index in [-0.39, 0.29) is 29.0 Å². The molecule has 0 bridgehead atoms.